The highest BCUT2D eigenvalue weighted by Crippen LogP contribution is 2.48. The van der Waals surface area contributed by atoms with Gasteiger partial charge in [-0.3, -0.25) is 5.10 Å². The molecule has 2 aromatic carbocycles. The van der Waals surface area contributed by atoms with Gasteiger partial charge in [0.2, 0.25) is 11.8 Å². The molecule has 8 heteroatoms. The van der Waals surface area contributed by atoms with Crippen LogP contribution in [-0.4, -0.2) is 24.4 Å². The van der Waals surface area contributed by atoms with Gasteiger partial charge in [0, 0.05) is 16.2 Å². The van der Waals surface area contributed by atoms with E-state index in [4.69, 9.17) is 19.9 Å². The van der Waals surface area contributed by atoms with Crippen LogP contribution in [0, 0.1) is 18.3 Å². The second kappa shape index (κ2) is 8.66. The lowest BCUT2D eigenvalue weighted by Gasteiger charge is -2.26. The van der Waals surface area contributed by atoms with Crippen molar-refractivity contribution in [2.75, 3.05) is 14.2 Å². The van der Waals surface area contributed by atoms with Gasteiger partial charge in [0.15, 0.2) is 11.5 Å². The Balaban J connectivity index is 1.79. The maximum Gasteiger partial charge on any atom is 0.244 e. The molecule has 1 aliphatic heterocycles. The summed E-state index contributed by atoms with van der Waals surface area (Å²) in [7, 11) is 3.15. The first-order chi connectivity index (χ1) is 15.1. The summed E-state index contributed by atoms with van der Waals surface area (Å²) in [5, 5.41) is 17.3. The SMILES string of the molecule is COc1cccc([C@@H]2C(C#N)=C(N)Oc3n[nH]c(CSc4ccc(C)cc4)c32)c1OC. The second-order valence-electron chi connectivity index (χ2n) is 7.03. The summed E-state index contributed by atoms with van der Waals surface area (Å²) in [6.45, 7) is 2.06. The number of para-hydroxylation sites is 1. The summed E-state index contributed by atoms with van der Waals surface area (Å²) in [5.74, 6) is 1.65. The maximum absolute atomic E-state index is 9.90. The number of rotatable bonds is 6. The largest absolute Gasteiger partial charge is 0.493 e. The highest BCUT2D eigenvalue weighted by Gasteiger charge is 2.37. The summed E-state index contributed by atoms with van der Waals surface area (Å²) in [6, 6.07) is 16.1. The van der Waals surface area contributed by atoms with Crippen molar-refractivity contribution >= 4 is 11.8 Å². The Labute approximate surface area is 184 Å². The Bertz CT molecular complexity index is 1180. The van der Waals surface area contributed by atoms with Crippen molar-refractivity contribution < 1.29 is 14.2 Å². The number of nitriles is 1. The van der Waals surface area contributed by atoms with E-state index in [9.17, 15) is 5.26 Å². The fourth-order valence-corrected chi connectivity index (χ4v) is 4.52. The maximum atomic E-state index is 9.90. The number of thioether (sulfide) groups is 1. The molecule has 3 aromatic rings. The standard InChI is InChI=1S/C23H22N4O3S/c1-13-7-9-14(10-8-13)31-12-17-20-19(15-5-4-6-18(28-2)21(15)29-3)16(11-24)22(25)30-23(20)27-26-17/h4-10,19H,12,25H2,1-3H3,(H,26,27)/t19-/m1/s1. The number of nitrogens with two attached hydrogens (primary N) is 1. The number of H-pyrrole nitrogens is 1. The number of nitrogens with zero attached hydrogens (tertiary/aromatic N) is 2. The number of hydrogen-bond acceptors (Lipinski definition) is 7. The number of fused-ring (bicyclic) bond motifs is 1. The van der Waals surface area contributed by atoms with Gasteiger partial charge in [0.1, 0.15) is 11.6 Å². The number of aromatic nitrogens is 2. The number of benzene rings is 2. The molecule has 0 fully saturated rings. The molecule has 0 radical (unpaired) electrons. The van der Waals surface area contributed by atoms with Crippen LogP contribution in [0.15, 0.2) is 58.8 Å². The van der Waals surface area contributed by atoms with Crippen molar-refractivity contribution in [3.05, 3.63) is 76.3 Å². The number of allylic oxidation sites excluding steroid dienone is 1. The van der Waals surface area contributed by atoms with E-state index >= 15 is 0 Å². The number of aryl methyl sites for hydroxylation is 1. The van der Waals surface area contributed by atoms with Crippen LogP contribution in [0.25, 0.3) is 0 Å². The van der Waals surface area contributed by atoms with E-state index in [0.29, 0.717) is 28.7 Å². The summed E-state index contributed by atoms with van der Waals surface area (Å²) >= 11 is 1.67. The topological polar surface area (TPSA) is 106 Å². The predicted octanol–water partition coefficient (Wildman–Crippen LogP) is 4.25. The van der Waals surface area contributed by atoms with Crippen LogP contribution in [0.1, 0.15) is 28.3 Å². The van der Waals surface area contributed by atoms with E-state index in [1.165, 1.54) is 5.56 Å². The van der Waals surface area contributed by atoms with Gasteiger partial charge in [-0.15, -0.1) is 16.9 Å². The van der Waals surface area contributed by atoms with Gasteiger partial charge in [-0.1, -0.05) is 29.8 Å². The molecule has 0 saturated carbocycles. The summed E-state index contributed by atoms with van der Waals surface area (Å²) < 4.78 is 16.8. The summed E-state index contributed by atoms with van der Waals surface area (Å²) in [6.07, 6.45) is 0. The first kappa shape index (κ1) is 20.7. The highest BCUT2D eigenvalue weighted by atomic mass is 32.2. The molecule has 3 N–H and O–H groups in total. The number of hydrogen-bond donors (Lipinski definition) is 2. The van der Waals surface area contributed by atoms with Crippen LogP contribution in [0.3, 0.4) is 0 Å². The molecule has 1 aliphatic rings. The van der Waals surface area contributed by atoms with E-state index in [2.05, 4.69) is 47.5 Å². The van der Waals surface area contributed by atoms with Crippen molar-refractivity contribution in [2.24, 2.45) is 5.73 Å². The fourth-order valence-electron chi connectivity index (χ4n) is 3.66. The molecule has 2 heterocycles. The zero-order chi connectivity index (χ0) is 22.0. The zero-order valence-corrected chi connectivity index (χ0v) is 18.2. The van der Waals surface area contributed by atoms with Gasteiger partial charge in [0.25, 0.3) is 0 Å². The van der Waals surface area contributed by atoms with Crippen molar-refractivity contribution in [1.82, 2.24) is 10.2 Å². The molecule has 0 amide bonds. The molecular weight excluding hydrogens is 412 g/mol. The van der Waals surface area contributed by atoms with Gasteiger partial charge in [0.05, 0.1) is 31.4 Å². The van der Waals surface area contributed by atoms with Crippen molar-refractivity contribution in [1.29, 1.82) is 5.26 Å². The minimum Gasteiger partial charge on any atom is -0.493 e. The number of nitrogens with one attached hydrogen (secondary N) is 1. The third-order valence-corrected chi connectivity index (χ3v) is 6.20. The van der Waals surface area contributed by atoms with E-state index in [1.54, 1.807) is 26.0 Å². The fraction of sp³-hybridized carbons (Fsp3) is 0.217. The average molecular weight is 435 g/mol. The second-order valence-corrected chi connectivity index (χ2v) is 8.08. The quantitative estimate of drug-likeness (QED) is 0.559. The van der Waals surface area contributed by atoms with E-state index in [-0.39, 0.29) is 5.88 Å². The van der Waals surface area contributed by atoms with Crippen molar-refractivity contribution in [2.45, 2.75) is 23.5 Å². The molecular formula is C23H22N4O3S. The van der Waals surface area contributed by atoms with Crippen LogP contribution in [0.4, 0.5) is 0 Å². The molecule has 1 atom stereocenters. The van der Waals surface area contributed by atoms with Gasteiger partial charge in [-0.25, -0.2) is 0 Å². The minimum atomic E-state index is -0.494. The van der Waals surface area contributed by atoms with Crippen LogP contribution in [-0.2, 0) is 5.75 Å². The Morgan fingerprint density at radius 2 is 1.97 bits per heavy atom. The monoisotopic (exact) mass is 434 g/mol. The third kappa shape index (κ3) is 3.80. The molecule has 0 aliphatic carbocycles. The lowest BCUT2D eigenvalue weighted by Crippen LogP contribution is -2.21. The number of methoxy groups -OCH3 is 2. The van der Waals surface area contributed by atoms with Gasteiger partial charge >= 0.3 is 0 Å². The highest BCUT2D eigenvalue weighted by molar-refractivity contribution is 7.98. The molecule has 4 rings (SSSR count). The molecule has 0 unspecified atom stereocenters. The molecule has 0 saturated heterocycles. The predicted molar refractivity (Wildman–Crippen MR) is 118 cm³/mol. The lowest BCUT2D eigenvalue weighted by atomic mass is 9.83. The molecule has 0 spiro atoms. The van der Waals surface area contributed by atoms with Crippen molar-refractivity contribution in [3.8, 4) is 23.4 Å². The average Bonchev–Trinajstić information content (AvgIpc) is 3.19. The van der Waals surface area contributed by atoms with Crippen molar-refractivity contribution in [3.63, 3.8) is 0 Å². The van der Waals surface area contributed by atoms with E-state index in [0.717, 1.165) is 21.7 Å². The van der Waals surface area contributed by atoms with Crippen LogP contribution >= 0.6 is 11.8 Å². The Hall–Kier alpha value is -3.57. The molecule has 1 aromatic heterocycles. The number of ether oxygens (including phenoxy) is 3. The number of aromatic amines is 1. The molecule has 0 bridgehead atoms. The first-order valence-corrected chi connectivity index (χ1v) is 10.6. The van der Waals surface area contributed by atoms with Gasteiger partial charge in [-0.2, -0.15) is 5.26 Å². The Morgan fingerprint density at radius 3 is 2.65 bits per heavy atom. The summed E-state index contributed by atoms with van der Waals surface area (Å²) in [5.41, 5.74) is 9.99. The van der Waals surface area contributed by atoms with Crippen LogP contribution in [0.5, 0.6) is 17.4 Å². The van der Waals surface area contributed by atoms with Crippen LogP contribution in [0.2, 0.25) is 0 Å². The first-order valence-electron chi connectivity index (χ1n) is 9.62. The van der Waals surface area contributed by atoms with Gasteiger partial charge < -0.3 is 19.9 Å². The smallest absolute Gasteiger partial charge is 0.244 e. The normalized spacial score (nSPS) is 15.1. The Kier molecular flexibility index (Phi) is 5.78. The zero-order valence-electron chi connectivity index (χ0n) is 17.4. The van der Waals surface area contributed by atoms with E-state index in [1.807, 2.05) is 18.2 Å². The molecule has 158 valence electrons. The summed E-state index contributed by atoms with van der Waals surface area (Å²) in [4.78, 5) is 1.14. The Morgan fingerprint density at radius 1 is 1.19 bits per heavy atom. The minimum absolute atomic E-state index is 0.0362. The van der Waals surface area contributed by atoms with Gasteiger partial charge in [-0.05, 0) is 25.1 Å². The molecule has 31 heavy (non-hydrogen) atoms. The third-order valence-electron chi connectivity index (χ3n) is 5.17. The van der Waals surface area contributed by atoms with Crippen LogP contribution < -0.4 is 19.9 Å². The van der Waals surface area contributed by atoms with E-state index < -0.39 is 5.92 Å². The molecule has 7 nitrogen and oxygen atoms in total. The lowest BCUT2D eigenvalue weighted by molar-refractivity contribution is 0.348.